The molecule has 2 fully saturated rings. The number of hydrogen-bond acceptors (Lipinski definition) is 4. The standard InChI is InChI=1S/C18H21F2N3O/c1-17(2)10-23(11-18(24-17)5-3-4-6-18)16-9-21-14-7-12(19)13(20)8-15(14)22-16/h7-9H,3-6,10-11H2,1-2H3. The molecule has 0 radical (unpaired) electrons. The highest BCUT2D eigenvalue weighted by atomic mass is 19.2. The molecule has 2 aliphatic rings. The highest BCUT2D eigenvalue weighted by molar-refractivity contribution is 5.75. The summed E-state index contributed by atoms with van der Waals surface area (Å²) in [7, 11) is 0. The maximum atomic E-state index is 13.5. The number of rotatable bonds is 1. The third-order valence-electron chi connectivity index (χ3n) is 4.95. The maximum absolute atomic E-state index is 13.5. The van der Waals surface area contributed by atoms with E-state index in [0.29, 0.717) is 23.4 Å². The Morgan fingerprint density at radius 1 is 1.04 bits per heavy atom. The lowest BCUT2D eigenvalue weighted by atomic mass is 9.94. The van der Waals surface area contributed by atoms with Gasteiger partial charge in [-0.3, -0.25) is 4.98 Å². The average Bonchev–Trinajstić information content (AvgIpc) is 2.93. The molecule has 0 unspecified atom stereocenters. The van der Waals surface area contributed by atoms with Crippen LogP contribution in [-0.2, 0) is 4.74 Å². The Hall–Kier alpha value is -1.82. The molecule has 2 heterocycles. The van der Waals surface area contributed by atoms with Crippen LogP contribution in [0.4, 0.5) is 14.6 Å². The van der Waals surface area contributed by atoms with Crippen molar-refractivity contribution in [3.8, 4) is 0 Å². The summed E-state index contributed by atoms with van der Waals surface area (Å²) in [5, 5.41) is 0. The number of hydrogen-bond donors (Lipinski definition) is 0. The number of aromatic nitrogens is 2. The van der Waals surface area contributed by atoms with Gasteiger partial charge in [0.2, 0.25) is 0 Å². The van der Waals surface area contributed by atoms with Gasteiger partial charge in [0.15, 0.2) is 11.6 Å². The van der Waals surface area contributed by atoms with Crippen LogP contribution >= 0.6 is 0 Å². The Labute approximate surface area is 139 Å². The van der Waals surface area contributed by atoms with Crippen LogP contribution in [0.15, 0.2) is 18.3 Å². The summed E-state index contributed by atoms with van der Waals surface area (Å²) in [5.41, 5.74) is 0.316. The van der Waals surface area contributed by atoms with Gasteiger partial charge in [0.05, 0.1) is 28.4 Å². The predicted molar refractivity (Wildman–Crippen MR) is 88.0 cm³/mol. The van der Waals surface area contributed by atoms with Crippen LogP contribution < -0.4 is 4.90 Å². The molecule has 1 aliphatic heterocycles. The number of fused-ring (bicyclic) bond motifs is 1. The van der Waals surface area contributed by atoms with E-state index >= 15 is 0 Å². The third kappa shape index (κ3) is 2.73. The third-order valence-corrected chi connectivity index (χ3v) is 4.95. The predicted octanol–water partition coefficient (Wildman–Crippen LogP) is 3.84. The van der Waals surface area contributed by atoms with E-state index in [9.17, 15) is 8.78 Å². The number of nitrogens with zero attached hydrogens (tertiary/aromatic N) is 3. The Kier molecular flexibility index (Phi) is 3.49. The van der Waals surface area contributed by atoms with Crippen LogP contribution in [0.3, 0.4) is 0 Å². The minimum absolute atomic E-state index is 0.133. The zero-order valence-electron chi connectivity index (χ0n) is 14.0. The first-order chi connectivity index (χ1) is 11.4. The first-order valence-corrected chi connectivity index (χ1v) is 8.43. The first-order valence-electron chi connectivity index (χ1n) is 8.43. The molecule has 1 saturated carbocycles. The van der Waals surface area contributed by atoms with Crippen molar-refractivity contribution >= 4 is 16.9 Å². The topological polar surface area (TPSA) is 38.2 Å². The number of anilines is 1. The molecule has 0 atom stereocenters. The van der Waals surface area contributed by atoms with Crippen molar-refractivity contribution in [3.05, 3.63) is 30.0 Å². The van der Waals surface area contributed by atoms with Crippen molar-refractivity contribution in [2.45, 2.75) is 50.7 Å². The van der Waals surface area contributed by atoms with Crippen molar-refractivity contribution in [2.75, 3.05) is 18.0 Å². The van der Waals surface area contributed by atoms with Gasteiger partial charge in [0.1, 0.15) is 5.82 Å². The van der Waals surface area contributed by atoms with Gasteiger partial charge in [-0.1, -0.05) is 12.8 Å². The highest BCUT2D eigenvalue weighted by Gasteiger charge is 2.46. The SMILES string of the molecule is CC1(C)CN(c2cnc3cc(F)c(F)cc3n2)CC2(CCCC2)O1. The molecule has 1 saturated heterocycles. The lowest BCUT2D eigenvalue weighted by molar-refractivity contribution is -0.148. The van der Waals surface area contributed by atoms with Gasteiger partial charge < -0.3 is 9.64 Å². The van der Waals surface area contributed by atoms with E-state index in [1.807, 2.05) is 0 Å². The van der Waals surface area contributed by atoms with Gasteiger partial charge in [0, 0.05) is 25.2 Å². The summed E-state index contributed by atoms with van der Waals surface area (Å²) >= 11 is 0. The smallest absolute Gasteiger partial charge is 0.161 e. The van der Waals surface area contributed by atoms with Gasteiger partial charge in [-0.2, -0.15) is 0 Å². The zero-order valence-corrected chi connectivity index (χ0v) is 14.0. The molecular weight excluding hydrogens is 312 g/mol. The number of halogens is 2. The fourth-order valence-corrected chi connectivity index (χ4v) is 4.11. The molecular formula is C18H21F2N3O. The Bertz CT molecular complexity index is 787. The van der Waals surface area contributed by atoms with E-state index in [2.05, 4.69) is 28.7 Å². The van der Waals surface area contributed by atoms with Gasteiger partial charge in [0.25, 0.3) is 0 Å². The second kappa shape index (κ2) is 5.34. The average molecular weight is 333 g/mol. The van der Waals surface area contributed by atoms with E-state index in [4.69, 9.17) is 4.74 Å². The number of ether oxygens (including phenoxy) is 1. The van der Waals surface area contributed by atoms with Crippen LogP contribution in [0, 0.1) is 11.6 Å². The largest absolute Gasteiger partial charge is 0.365 e. The van der Waals surface area contributed by atoms with Crippen LogP contribution in [0.1, 0.15) is 39.5 Å². The molecule has 4 nitrogen and oxygen atoms in total. The maximum Gasteiger partial charge on any atom is 0.161 e. The fourth-order valence-electron chi connectivity index (χ4n) is 4.11. The Balaban J connectivity index is 1.71. The van der Waals surface area contributed by atoms with Crippen LogP contribution in [-0.4, -0.2) is 34.3 Å². The monoisotopic (exact) mass is 333 g/mol. The van der Waals surface area contributed by atoms with Crippen LogP contribution in [0.2, 0.25) is 0 Å². The zero-order chi connectivity index (χ0) is 16.9. The molecule has 1 spiro atoms. The normalized spacial score (nSPS) is 22.4. The Morgan fingerprint density at radius 3 is 2.42 bits per heavy atom. The van der Waals surface area contributed by atoms with E-state index < -0.39 is 11.6 Å². The van der Waals surface area contributed by atoms with Crippen molar-refractivity contribution in [3.63, 3.8) is 0 Å². The molecule has 1 aromatic heterocycles. The molecule has 1 aliphatic carbocycles. The van der Waals surface area contributed by atoms with Gasteiger partial charge in [-0.25, -0.2) is 13.8 Å². The van der Waals surface area contributed by atoms with Crippen molar-refractivity contribution in [2.24, 2.45) is 0 Å². The molecule has 2 aromatic rings. The van der Waals surface area contributed by atoms with Gasteiger partial charge >= 0.3 is 0 Å². The van der Waals surface area contributed by atoms with Crippen molar-refractivity contribution in [1.29, 1.82) is 0 Å². The minimum atomic E-state index is -0.901. The van der Waals surface area contributed by atoms with Crippen molar-refractivity contribution < 1.29 is 13.5 Å². The molecule has 6 heteroatoms. The van der Waals surface area contributed by atoms with E-state index in [1.54, 1.807) is 6.20 Å². The molecule has 0 N–H and O–H groups in total. The van der Waals surface area contributed by atoms with Crippen molar-refractivity contribution in [1.82, 2.24) is 9.97 Å². The number of benzene rings is 1. The number of morpholine rings is 1. The van der Waals surface area contributed by atoms with Crippen LogP contribution in [0.5, 0.6) is 0 Å². The lowest BCUT2D eigenvalue weighted by Crippen LogP contribution is -2.59. The molecule has 1 aromatic carbocycles. The molecule has 4 rings (SSSR count). The summed E-state index contributed by atoms with van der Waals surface area (Å²) < 4.78 is 33.2. The molecule has 0 bridgehead atoms. The molecule has 128 valence electrons. The highest BCUT2D eigenvalue weighted by Crippen LogP contribution is 2.41. The minimum Gasteiger partial charge on any atom is -0.365 e. The summed E-state index contributed by atoms with van der Waals surface area (Å²) in [4.78, 5) is 11.0. The fraction of sp³-hybridized carbons (Fsp3) is 0.556. The first kappa shape index (κ1) is 15.7. The molecule has 0 amide bonds. The second-order valence-electron chi connectivity index (χ2n) is 7.59. The lowest BCUT2D eigenvalue weighted by Gasteiger charge is -2.49. The van der Waals surface area contributed by atoms with E-state index in [1.165, 1.54) is 12.8 Å². The summed E-state index contributed by atoms with van der Waals surface area (Å²) in [6.45, 7) is 5.63. The van der Waals surface area contributed by atoms with E-state index in [-0.39, 0.29) is 11.2 Å². The van der Waals surface area contributed by atoms with Gasteiger partial charge in [-0.05, 0) is 26.7 Å². The van der Waals surface area contributed by atoms with Gasteiger partial charge in [-0.15, -0.1) is 0 Å². The molecule has 24 heavy (non-hydrogen) atoms. The second-order valence-corrected chi connectivity index (χ2v) is 7.59. The van der Waals surface area contributed by atoms with Crippen LogP contribution in [0.25, 0.3) is 11.0 Å². The van der Waals surface area contributed by atoms with E-state index in [0.717, 1.165) is 31.5 Å². The summed E-state index contributed by atoms with van der Waals surface area (Å²) in [6.07, 6.45) is 6.10. The summed E-state index contributed by atoms with van der Waals surface area (Å²) in [5.74, 6) is -1.11. The summed E-state index contributed by atoms with van der Waals surface area (Å²) in [6, 6.07) is 2.20. The Morgan fingerprint density at radius 2 is 1.71 bits per heavy atom. The quantitative estimate of drug-likeness (QED) is 0.795.